The van der Waals surface area contributed by atoms with E-state index in [0.29, 0.717) is 6.54 Å². The third-order valence-electron chi connectivity index (χ3n) is 0.855. The van der Waals surface area contributed by atoms with Crippen LogP contribution in [0.3, 0.4) is 0 Å². The number of carbonyl (C=O) groups excluding carboxylic acids is 1. The smallest absolute Gasteiger partial charge is 0.296 e. The van der Waals surface area contributed by atoms with Crippen LogP contribution in [0.25, 0.3) is 0 Å². The standard InChI is InChI=1S/C8H11NO/c1-3-5-7-9-8(10)6-4-2/h3,5H,7H2,1-2H3,(H,9,10)/b5-3+. The Morgan fingerprint density at radius 3 is 2.90 bits per heavy atom. The summed E-state index contributed by atoms with van der Waals surface area (Å²) in [4.78, 5) is 10.6. The molecule has 0 aromatic carbocycles. The summed E-state index contributed by atoms with van der Waals surface area (Å²) < 4.78 is 0. The largest absolute Gasteiger partial charge is 0.342 e. The third-order valence-corrected chi connectivity index (χ3v) is 0.855. The molecule has 0 atom stereocenters. The van der Waals surface area contributed by atoms with Gasteiger partial charge >= 0.3 is 0 Å². The first kappa shape index (κ1) is 8.77. The Bertz CT molecular complexity index is 183. The van der Waals surface area contributed by atoms with Crippen LogP contribution in [-0.4, -0.2) is 12.5 Å². The summed E-state index contributed by atoms with van der Waals surface area (Å²) in [6.45, 7) is 4.09. The first-order valence-corrected chi connectivity index (χ1v) is 3.13. The van der Waals surface area contributed by atoms with Crippen molar-refractivity contribution >= 4 is 5.91 Å². The molecule has 0 fully saturated rings. The maximum atomic E-state index is 10.6. The Kier molecular flexibility index (Phi) is 5.17. The molecule has 0 radical (unpaired) electrons. The Morgan fingerprint density at radius 2 is 2.40 bits per heavy atom. The van der Waals surface area contributed by atoms with Gasteiger partial charge in [0, 0.05) is 6.54 Å². The number of rotatable bonds is 2. The Morgan fingerprint density at radius 1 is 1.70 bits per heavy atom. The number of carbonyl (C=O) groups is 1. The lowest BCUT2D eigenvalue weighted by Crippen LogP contribution is -2.20. The topological polar surface area (TPSA) is 29.1 Å². The number of hydrogen-bond acceptors (Lipinski definition) is 1. The second-order valence-electron chi connectivity index (χ2n) is 1.65. The molecule has 0 aromatic heterocycles. The van der Waals surface area contributed by atoms with Gasteiger partial charge in [-0.2, -0.15) is 0 Å². The van der Waals surface area contributed by atoms with Crippen LogP contribution >= 0.6 is 0 Å². The van der Waals surface area contributed by atoms with E-state index in [0.717, 1.165) is 0 Å². The highest BCUT2D eigenvalue weighted by molar-refractivity contribution is 5.93. The van der Waals surface area contributed by atoms with E-state index < -0.39 is 0 Å². The van der Waals surface area contributed by atoms with E-state index in [1.54, 1.807) is 6.92 Å². The van der Waals surface area contributed by atoms with Gasteiger partial charge in [0.15, 0.2) is 0 Å². The molecule has 2 heteroatoms. The molecule has 1 N–H and O–H groups in total. The van der Waals surface area contributed by atoms with Gasteiger partial charge in [-0.3, -0.25) is 4.79 Å². The van der Waals surface area contributed by atoms with Gasteiger partial charge in [-0.25, -0.2) is 0 Å². The van der Waals surface area contributed by atoms with Crippen molar-refractivity contribution in [2.24, 2.45) is 0 Å². The molecule has 10 heavy (non-hydrogen) atoms. The highest BCUT2D eigenvalue weighted by atomic mass is 16.1. The van der Waals surface area contributed by atoms with E-state index in [9.17, 15) is 4.79 Å². The fourth-order valence-corrected chi connectivity index (χ4v) is 0.427. The summed E-state index contributed by atoms with van der Waals surface area (Å²) in [6, 6.07) is 0. The van der Waals surface area contributed by atoms with Gasteiger partial charge < -0.3 is 5.32 Å². The normalized spacial score (nSPS) is 8.60. The summed E-state index contributed by atoms with van der Waals surface area (Å²) in [6.07, 6.45) is 3.73. The molecule has 0 aromatic rings. The fourth-order valence-electron chi connectivity index (χ4n) is 0.427. The lowest BCUT2D eigenvalue weighted by Gasteiger charge is -1.91. The van der Waals surface area contributed by atoms with Crippen LogP contribution in [0.5, 0.6) is 0 Å². The fraction of sp³-hybridized carbons (Fsp3) is 0.375. The molecule has 0 saturated carbocycles. The van der Waals surface area contributed by atoms with Crippen molar-refractivity contribution in [2.45, 2.75) is 13.8 Å². The Labute approximate surface area is 61.3 Å². The molecule has 0 heterocycles. The summed E-state index contributed by atoms with van der Waals surface area (Å²) >= 11 is 0. The zero-order valence-corrected chi connectivity index (χ0v) is 6.27. The summed E-state index contributed by atoms with van der Waals surface area (Å²) in [5.74, 6) is 4.66. The lowest BCUT2D eigenvalue weighted by atomic mass is 10.5. The van der Waals surface area contributed by atoms with E-state index in [-0.39, 0.29) is 5.91 Å². The number of allylic oxidation sites excluding steroid dienone is 1. The molecule has 0 saturated heterocycles. The van der Waals surface area contributed by atoms with Crippen molar-refractivity contribution in [3.63, 3.8) is 0 Å². The molecular weight excluding hydrogens is 126 g/mol. The first-order valence-electron chi connectivity index (χ1n) is 3.13. The van der Waals surface area contributed by atoms with E-state index in [1.807, 2.05) is 19.1 Å². The van der Waals surface area contributed by atoms with Gasteiger partial charge in [-0.1, -0.05) is 18.1 Å². The zero-order valence-electron chi connectivity index (χ0n) is 6.27. The van der Waals surface area contributed by atoms with Crippen molar-refractivity contribution in [2.75, 3.05) is 6.54 Å². The molecule has 0 bridgehead atoms. The first-order chi connectivity index (χ1) is 4.81. The van der Waals surface area contributed by atoms with E-state index in [4.69, 9.17) is 0 Å². The SMILES string of the molecule is CC#CC(=O)NC/C=C/C. The molecule has 0 aliphatic carbocycles. The van der Waals surface area contributed by atoms with Gasteiger partial charge in [-0.05, 0) is 19.8 Å². The minimum atomic E-state index is -0.222. The highest BCUT2D eigenvalue weighted by Crippen LogP contribution is 1.67. The Hall–Kier alpha value is -1.23. The molecular formula is C8H11NO. The second kappa shape index (κ2) is 5.90. The monoisotopic (exact) mass is 137 g/mol. The minimum absolute atomic E-state index is 0.222. The summed E-state index contributed by atoms with van der Waals surface area (Å²) in [5.41, 5.74) is 0. The van der Waals surface area contributed by atoms with Gasteiger partial charge in [0.25, 0.3) is 5.91 Å². The average molecular weight is 137 g/mol. The second-order valence-corrected chi connectivity index (χ2v) is 1.65. The molecule has 2 nitrogen and oxygen atoms in total. The minimum Gasteiger partial charge on any atom is -0.342 e. The van der Waals surface area contributed by atoms with Crippen molar-refractivity contribution in [3.8, 4) is 11.8 Å². The zero-order chi connectivity index (χ0) is 7.82. The summed E-state index contributed by atoms with van der Waals surface area (Å²) in [7, 11) is 0. The van der Waals surface area contributed by atoms with E-state index in [1.165, 1.54) is 0 Å². The van der Waals surface area contributed by atoms with Crippen LogP contribution < -0.4 is 5.32 Å². The Balaban J connectivity index is 3.46. The predicted molar refractivity (Wildman–Crippen MR) is 41.3 cm³/mol. The highest BCUT2D eigenvalue weighted by Gasteiger charge is 1.87. The van der Waals surface area contributed by atoms with Crippen LogP contribution in [0.15, 0.2) is 12.2 Å². The van der Waals surface area contributed by atoms with Gasteiger partial charge in [-0.15, -0.1) is 0 Å². The van der Waals surface area contributed by atoms with Crippen LogP contribution in [-0.2, 0) is 4.79 Å². The number of amides is 1. The van der Waals surface area contributed by atoms with E-state index in [2.05, 4.69) is 17.2 Å². The molecule has 1 amide bonds. The van der Waals surface area contributed by atoms with Crippen molar-refractivity contribution in [1.82, 2.24) is 5.32 Å². The van der Waals surface area contributed by atoms with Crippen molar-refractivity contribution in [3.05, 3.63) is 12.2 Å². The van der Waals surface area contributed by atoms with Gasteiger partial charge in [0.1, 0.15) is 0 Å². The molecule has 0 rings (SSSR count). The van der Waals surface area contributed by atoms with Crippen LogP contribution in [0.2, 0.25) is 0 Å². The summed E-state index contributed by atoms with van der Waals surface area (Å²) in [5, 5.41) is 2.59. The molecule has 0 spiro atoms. The maximum absolute atomic E-state index is 10.6. The van der Waals surface area contributed by atoms with Gasteiger partial charge in [0.05, 0.1) is 0 Å². The molecule has 0 aliphatic heterocycles. The van der Waals surface area contributed by atoms with Crippen molar-refractivity contribution in [1.29, 1.82) is 0 Å². The van der Waals surface area contributed by atoms with Crippen LogP contribution in [0.1, 0.15) is 13.8 Å². The van der Waals surface area contributed by atoms with Crippen molar-refractivity contribution < 1.29 is 4.79 Å². The average Bonchev–Trinajstić information content (AvgIpc) is 1.89. The number of nitrogens with one attached hydrogen (secondary N) is 1. The molecule has 54 valence electrons. The maximum Gasteiger partial charge on any atom is 0.296 e. The van der Waals surface area contributed by atoms with Crippen LogP contribution in [0, 0.1) is 11.8 Å². The number of hydrogen-bond donors (Lipinski definition) is 1. The predicted octanol–water partition coefficient (Wildman–Crippen LogP) is 0.702. The third kappa shape index (κ3) is 4.92. The van der Waals surface area contributed by atoms with E-state index >= 15 is 0 Å². The lowest BCUT2D eigenvalue weighted by molar-refractivity contribution is -0.115. The van der Waals surface area contributed by atoms with Crippen LogP contribution in [0.4, 0.5) is 0 Å². The quantitative estimate of drug-likeness (QED) is 0.440. The molecule has 0 unspecified atom stereocenters. The molecule has 0 aliphatic rings. The van der Waals surface area contributed by atoms with Gasteiger partial charge in [0.2, 0.25) is 0 Å².